The first-order valence-electron chi connectivity index (χ1n) is 19.1. The van der Waals surface area contributed by atoms with Crippen LogP contribution in [-0.4, -0.2) is 183 Å². The molecule has 6 rings (SSSR count). The molecule has 15 unspecified atom stereocenters. The van der Waals surface area contributed by atoms with Crippen molar-refractivity contribution in [3.63, 3.8) is 0 Å². The van der Waals surface area contributed by atoms with Gasteiger partial charge in [0.15, 0.2) is 23.9 Å². The van der Waals surface area contributed by atoms with Crippen LogP contribution in [0.25, 0.3) is 22.3 Å². The van der Waals surface area contributed by atoms with E-state index in [1.807, 2.05) is 0 Å². The van der Waals surface area contributed by atoms with Crippen LogP contribution in [0.2, 0.25) is 0 Å². The van der Waals surface area contributed by atoms with Gasteiger partial charge in [0.1, 0.15) is 95.4 Å². The molecule has 61 heavy (non-hydrogen) atoms. The van der Waals surface area contributed by atoms with E-state index in [9.17, 15) is 76.3 Å². The van der Waals surface area contributed by atoms with E-state index in [-0.39, 0.29) is 46.0 Å². The fraction of sp³-hybridized carbons (Fsp3) is 0.564. The zero-order valence-electron chi connectivity index (χ0n) is 32.6. The number of aliphatic hydroxyl groups is 12. The summed E-state index contributed by atoms with van der Waals surface area (Å²) in [7, 11) is 0. The number of aromatic hydroxyl groups is 2. The second-order valence-electron chi connectivity index (χ2n) is 15.1. The first-order valence-corrected chi connectivity index (χ1v) is 19.1. The molecule has 14 N–H and O–H groups in total. The normalized spacial score (nSPS) is 34.3. The Morgan fingerprint density at radius 2 is 1.21 bits per heavy atom. The van der Waals surface area contributed by atoms with Crippen molar-refractivity contribution >= 4 is 11.0 Å². The largest absolute Gasteiger partial charge is 0.507 e. The first kappa shape index (κ1) is 46.5. The number of benzene rings is 2. The summed E-state index contributed by atoms with van der Waals surface area (Å²) in [6.45, 7) is 0.247. The lowest BCUT2D eigenvalue weighted by atomic mass is 9.97. The van der Waals surface area contributed by atoms with Gasteiger partial charge in [-0.15, -0.1) is 0 Å². The Bertz CT molecular complexity index is 2080. The molecular formula is C39H50O22. The average Bonchev–Trinajstić information content (AvgIpc) is 3.22. The molecule has 15 atom stereocenters. The zero-order valence-corrected chi connectivity index (χ0v) is 32.6. The molecule has 2 aromatic carbocycles. The summed E-state index contributed by atoms with van der Waals surface area (Å²) >= 11 is 0. The number of hydrogen-bond acceptors (Lipinski definition) is 22. The molecule has 0 aliphatic carbocycles. The summed E-state index contributed by atoms with van der Waals surface area (Å²) in [5, 5.41) is 145. The van der Waals surface area contributed by atoms with Crippen LogP contribution in [0.5, 0.6) is 23.0 Å². The third kappa shape index (κ3) is 9.21. The number of allylic oxidation sites excluding steroid dienone is 2. The van der Waals surface area contributed by atoms with Gasteiger partial charge in [-0.25, -0.2) is 0 Å². The predicted molar refractivity (Wildman–Crippen MR) is 202 cm³/mol. The Labute approximate surface area is 345 Å². The predicted octanol–water partition coefficient (Wildman–Crippen LogP) is -3.95. The highest BCUT2D eigenvalue weighted by Gasteiger charge is 2.51. The van der Waals surface area contributed by atoms with Crippen LogP contribution in [0.1, 0.15) is 25.0 Å². The van der Waals surface area contributed by atoms with Crippen molar-refractivity contribution in [2.45, 2.75) is 119 Å². The van der Waals surface area contributed by atoms with E-state index < -0.39 is 141 Å². The monoisotopic (exact) mass is 870 g/mol. The summed E-state index contributed by atoms with van der Waals surface area (Å²) in [6, 6.07) is 4.55. The van der Waals surface area contributed by atoms with Crippen LogP contribution < -0.4 is 14.9 Å². The molecule has 0 bridgehead atoms. The quantitative estimate of drug-likeness (QED) is 0.0729. The third-order valence-electron chi connectivity index (χ3n) is 10.6. The van der Waals surface area contributed by atoms with Crippen molar-refractivity contribution in [3.05, 3.63) is 57.3 Å². The molecule has 3 aliphatic rings. The van der Waals surface area contributed by atoms with Gasteiger partial charge in [-0.05, 0) is 32.4 Å². The Balaban J connectivity index is 1.39. The van der Waals surface area contributed by atoms with Crippen LogP contribution >= 0.6 is 0 Å². The maximum Gasteiger partial charge on any atom is 0.229 e. The van der Waals surface area contributed by atoms with Crippen molar-refractivity contribution in [3.8, 4) is 34.3 Å². The maximum atomic E-state index is 13.9. The van der Waals surface area contributed by atoms with Gasteiger partial charge in [0, 0.05) is 23.3 Å². The van der Waals surface area contributed by atoms with Gasteiger partial charge in [0.25, 0.3) is 0 Å². The van der Waals surface area contributed by atoms with Gasteiger partial charge >= 0.3 is 0 Å². The fourth-order valence-electron chi connectivity index (χ4n) is 7.21. The second kappa shape index (κ2) is 19.1. The molecule has 0 saturated carbocycles. The Morgan fingerprint density at radius 1 is 0.656 bits per heavy atom. The zero-order chi connectivity index (χ0) is 44.6. The SMILES string of the molecule is CC(C)=CCc1cc(-c2oc3cc(OC4OC(CO)C(O)C(O)C4OC4OC(CO)C(O)C(O)C4O)cc(O)c3c(=O)c2CO)cc(O)c1OC1OC(CO)C(O)C(O)C1O. The molecule has 1 aromatic heterocycles. The minimum atomic E-state index is -1.95. The van der Waals surface area contributed by atoms with E-state index in [1.54, 1.807) is 19.9 Å². The van der Waals surface area contributed by atoms with E-state index in [0.29, 0.717) is 0 Å². The summed E-state index contributed by atoms with van der Waals surface area (Å²) < 4.78 is 40.0. The van der Waals surface area contributed by atoms with Crippen LogP contribution in [0.3, 0.4) is 0 Å². The Hall–Kier alpha value is -4.05. The summed E-state index contributed by atoms with van der Waals surface area (Å²) in [5.41, 5.74) is -0.602. The molecule has 338 valence electrons. The van der Waals surface area contributed by atoms with Crippen molar-refractivity contribution in [2.75, 3.05) is 19.8 Å². The summed E-state index contributed by atoms with van der Waals surface area (Å²) in [4.78, 5) is 13.9. The highest BCUT2D eigenvalue weighted by molar-refractivity contribution is 5.87. The van der Waals surface area contributed by atoms with E-state index in [1.165, 1.54) is 6.07 Å². The molecular weight excluding hydrogens is 820 g/mol. The van der Waals surface area contributed by atoms with Gasteiger partial charge in [-0.1, -0.05) is 11.6 Å². The minimum absolute atomic E-state index is 0.00354. The lowest BCUT2D eigenvalue weighted by molar-refractivity contribution is -0.357. The standard InChI is InChI=1S/C39H50O22/c1-13(2)3-4-14-5-15(6-19(45)35(14)60-37-32(53)29(50)26(47)21(10-41)57-37)34-17(9-40)25(46)24-18(44)7-16(8-20(24)56-34)55-39-36(31(52)28(49)23(12-43)59-39)61-38-33(54)30(51)27(48)22(11-42)58-38/h3,5-8,21-23,26-33,36-45,47-54H,4,9-12H2,1-2H3. The molecule has 4 heterocycles. The molecule has 0 spiro atoms. The lowest BCUT2D eigenvalue weighted by Crippen LogP contribution is -2.65. The molecule has 22 heteroatoms. The number of phenolic OH excluding ortho intramolecular Hbond substituents is 2. The lowest BCUT2D eigenvalue weighted by Gasteiger charge is -2.45. The van der Waals surface area contributed by atoms with Crippen LogP contribution in [0, 0.1) is 0 Å². The molecule has 0 amide bonds. The Kier molecular flexibility index (Phi) is 14.6. The van der Waals surface area contributed by atoms with Crippen molar-refractivity contribution in [1.82, 2.24) is 0 Å². The fourth-order valence-corrected chi connectivity index (χ4v) is 7.21. The van der Waals surface area contributed by atoms with Crippen LogP contribution in [0.4, 0.5) is 0 Å². The smallest absolute Gasteiger partial charge is 0.229 e. The van der Waals surface area contributed by atoms with Crippen molar-refractivity contribution < 1.29 is 104 Å². The summed E-state index contributed by atoms with van der Waals surface area (Å²) in [6.07, 6.45) is -24.2. The van der Waals surface area contributed by atoms with Crippen molar-refractivity contribution in [2.24, 2.45) is 0 Å². The van der Waals surface area contributed by atoms with Crippen LogP contribution in [-0.2, 0) is 32.0 Å². The number of ether oxygens (including phenoxy) is 6. The Morgan fingerprint density at radius 3 is 1.79 bits per heavy atom. The van der Waals surface area contributed by atoms with Crippen LogP contribution in [0.15, 0.2) is 45.1 Å². The average molecular weight is 871 g/mol. The molecule has 3 fully saturated rings. The highest BCUT2D eigenvalue weighted by Crippen LogP contribution is 2.41. The third-order valence-corrected chi connectivity index (χ3v) is 10.6. The van der Waals surface area contributed by atoms with Gasteiger partial charge in [0.2, 0.25) is 18.0 Å². The number of hydrogen-bond donors (Lipinski definition) is 14. The summed E-state index contributed by atoms with van der Waals surface area (Å²) in [5.74, 6) is -2.23. The molecule has 3 aliphatic heterocycles. The molecule has 0 radical (unpaired) electrons. The number of fused-ring (bicyclic) bond motifs is 1. The van der Waals surface area contributed by atoms with Crippen molar-refractivity contribution in [1.29, 1.82) is 0 Å². The number of phenols is 2. The topological polar surface area (TPSA) is 369 Å². The highest BCUT2D eigenvalue weighted by atomic mass is 16.8. The molecule has 3 aromatic rings. The molecule has 3 saturated heterocycles. The van der Waals surface area contributed by atoms with E-state index in [0.717, 1.165) is 23.8 Å². The van der Waals surface area contributed by atoms with Gasteiger partial charge < -0.3 is 104 Å². The number of rotatable bonds is 13. The van der Waals surface area contributed by atoms with Gasteiger partial charge in [-0.2, -0.15) is 0 Å². The maximum absolute atomic E-state index is 13.9. The number of aliphatic hydroxyl groups excluding tert-OH is 12. The first-order chi connectivity index (χ1) is 28.9. The van der Waals surface area contributed by atoms with E-state index >= 15 is 0 Å². The van der Waals surface area contributed by atoms with Gasteiger partial charge in [-0.3, -0.25) is 4.79 Å². The van der Waals surface area contributed by atoms with Gasteiger partial charge in [0.05, 0.1) is 32.0 Å². The van der Waals surface area contributed by atoms with E-state index in [2.05, 4.69) is 0 Å². The minimum Gasteiger partial charge on any atom is -0.507 e. The molecule has 22 nitrogen and oxygen atoms in total. The van der Waals surface area contributed by atoms with E-state index in [4.69, 9.17) is 32.8 Å². The second-order valence-corrected chi connectivity index (χ2v) is 15.1.